The maximum atomic E-state index is 14.6. The van der Waals surface area contributed by atoms with Crippen LogP contribution in [-0.4, -0.2) is 97.5 Å². The van der Waals surface area contributed by atoms with Crippen molar-refractivity contribution in [2.45, 2.75) is 94.9 Å². The van der Waals surface area contributed by atoms with Gasteiger partial charge in [-0.1, -0.05) is 31.2 Å². The number of rotatable bonds is 12. The van der Waals surface area contributed by atoms with Gasteiger partial charge < -0.3 is 39.6 Å². The van der Waals surface area contributed by atoms with Crippen LogP contribution >= 0.6 is 0 Å². The van der Waals surface area contributed by atoms with Crippen LogP contribution in [0.1, 0.15) is 55.4 Å². The van der Waals surface area contributed by atoms with Gasteiger partial charge in [0.15, 0.2) is 13.9 Å². The lowest BCUT2D eigenvalue weighted by Gasteiger charge is -2.37. The highest BCUT2D eigenvalue weighted by molar-refractivity contribution is 6.71. The third kappa shape index (κ3) is 6.89. The number of fused-ring (bicyclic) bond motifs is 4. The summed E-state index contributed by atoms with van der Waals surface area (Å²) in [5, 5.41) is 23.1. The number of anilines is 3. The summed E-state index contributed by atoms with van der Waals surface area (Å²) in [6.45, 7) is 8.85. The van der Waals surface area contributed by atoms with E-state index < -0.39 is 43.6 Å². The standard InChI is InChI=1S/C42H54N4O8Si/c1-6-53-32-14-16-35-29(20-32)21-34(43-17-9-10-18-47)40(50)46(35)30-13-15-36-33(22-30)42(41(51)44(36)3)26(2)39(55(4,5)52)37(54-42)23-38(49)45-24-28-12-8-7-11-27(28)19-31(45)25-48/h7-8,11-16,20,22,26,31,34,37,39,43,47-48,52H,6,9-10,17-19,21,23-25H2,1-5H3/t26-,31+,34?,37+,39-,42+/m1/s1. The monoisotopic (exact) mass is 770 g/mol. The zero-order valence-electron chi connectivity index (χ0n) is 32.5. The van der Waals surface area contributed by atoms with Crippen molar-refractivity contribution in [1.82, 2.24) is 10.2 Å². The topological polar surface area (TPSA) is 152 Å². The summed E-state index contributed by atoms with van der Waals surface area (Å²) < 4.78 is 12.8. The molecule has 3 aromatic carbocycles. The van der Waals surface area contributed by atoms with Crippen molar-refractivity contribution < 1.29 is 38.9 Å². The summed E-state index contributed by atoms with van der Waals surface area (Å²) in [6, 6.07) is 18.3. The number of carbonyl (C=O) groups is 3. The third-order valence-corrected chi connectivity index (χ3v) is 14.6. The molecule has 4 aliphatic heterocycles. The maximum absolute atomic E-state index is 14.6. The van der Waals surface area contributed by atoms with Crippen molar-refractivity contribution in [2.75, 3.05) is 43.2 Å². The van der Waals surface area contributed by atoms with Crippen LogP contribution in [0, 0.1) is 5.92 Å². The quantitative estimate of drug-likeness (QED) is 0.157. The highest BCUT2D eigenvalue weighted by atomic mass is 28.4. The highest BCUT2D eigenvalue weighted by Crippen LogP contribution is 2.60. The van der Waals surface area contributed by atoms with Gasteiger partial charge in [-0.05, 0) is 105 Å². The largest absolute Gasteiger partial charge is 0.494 e. The van der Waals surface area contributed by atoms with Crippen LogP contribution in [0.3, 0.4) is 0 Å². The molecule has 1 saturated heterocycles. The molecule has 4 heterocycles. The summed E-state index contributed by atoms with van der Waals surface area (Å²) in [5.41, 5.74) is 3.64. The molecule has 294 valence electrons. The molecule has 7 rings (SSSR count). The first-order valence-electron chi connectivity index (χ1n) is 19.6. The lowest BCUT2D eigenvalue weighted by Crippen LogP contribution is -2.49. The molecule has 1 fully saturated rings. The van der Waals surface area contributed by atoms with Crippen molar-refractivity contribution in [3.8, 4) is 5.75 Å². The number of benzene rings is 3. The van der Waals surface area contributed by atoms with Crippen LogP contribution < -0.4 is 19.9 Å². The molecule has 12 nitrogen and oxygen atoms in total. The molecule has 0 aromatic heterocycles. The molecule has 6 atom stereocenters. The van der Waals surface area contributed by atoms with E-state index in [1.807, 2.05) is 87.6 Å². The predicted molar refractivity (Wildman–Crippen MR) is 212 cm³/mol. The van der Waals surface area contributed by atoms with Crippen molar-refractivity contribution >= 4 is 43.1 Å². The molecule has 3 amide bonds. The van der Waals surface area contributed by atoms with E-state index in [-0.39, 0.29) is 37.4 Å². The van der Waals surface area contributed by atoms with Gasteiger partial charge in [-0.25, -0.2) is 0 Å². The van der Waals surface area contributed by atoms with Crippen molar-refractivity contribution in [3.05, 3.63) is 82.9 Å². The zero-order chi connectivity index (χ0) is 39.2. The molecule has 1 unspecified atom stereocenters. The van der Waals surface area contributed by atoms with Gasteiger partial charge in [0.2, 0.25) is 11.8 Å². The lowest BCUT2D eigenvalue weighted by atomic mass is 9.82. The zero-order valence-corrected chi connectivity index (χ0v) is 33.5. The first-order valence-corrected chi connectivity index (χ1v) is 22.6. The van der Waals surface area contributed by atoms with Gasteiger partial charge in [0.05, 0.1) is 49.2 Å². The molecule has 4 N–H and O–H groups in total. The molecular weight excluding hydrogens is 717 g/mol. The number of aliphatic hydroxyl groups excluding tert-OH is 2. The number of amides is 3. The van der Waals surface area contributed by atoms with Gasteiger partial charge in [-0.3, -0.25) is 19.3 Å². The van der Waals surface area contributed by atoms with E-state index >= 15 is 0 Å². The number of unbranched alkanes of at least 4 members (excludes halogenated alkanes) is 1. The Kier molecular flexibility index (Phi) is 11.0. The van der Waals surface area contributed by atoms with Gasteiger partial charge in [-0.2, -0.15) is 0 Å². The Morgan fingerprint density at radius 2 is 1.75 bits per heavy atom. The second-order valence-electron chi connectivity index (χ2n) is 16.0. The Labute approximate surface area is 324 Å². The van der Waals surface area contributed by atoms with Gasteiger partial charge >= 0.3 is 0 Å². The van der Waals surface area contributed by atoms with E-state index in [0.717, 1.165) is 28.8 Å². The smallest absolute Gasteiger partial charge is 0.264 e. The second-order valence-corrected chi connectivity index (χ2v) is 20.0. The van der Waals surface area contributed by atoms with Crippen molar-refractivity contribution in [3.63, 3.8) is 0 Å². The van der Waals surface area contributed by atoms with Gasteiger partial charge in [0.25, 0.3) is 5.91 Å². The second kappa shape index (κ2) is 15.4. The van der Waals surface area contributed by atoms with Crippen LogP contribution in [-0.2, 0) is 44.1 Å². The van der Waals surface area contributed by atoms with Crippen LogP contribution in [0.4, 0.5) is 17.1 Å². The minimum atomic E-state index is -3.08. The summed E-state index contributed by atoms with van der Waals surface area (Å²) in [5.74, 6) is -0.402. The molecule has 0 aliphatic carbocycles. The molecule has 0 bridgehead atoms. The third-order valence-electron chi connectivity index (χ3n) is 12.1. The van der Waals surface area contributed by atoms with E-state index in [2.05, 4.69) is 5.32 Å². The number of hydrogen-bond acceptors (Lipinski definition) is 9. The number of ether oxygens (including phenoxy) is 2. The Bertz CT molecular complexity index is 1950. The van der Waals surface area contributed by atoms with E-state index in [1.54, 1.807) is 21.7 Å². The summed E-state index contributed by atoms with van der Waals surface area (Å²) in [6.07, 6.45) is 1.54. The van der Waals surface area contributed by atoms with Gasteiger partial charge in [-0.15, -0.1) is 0 Å². The number of nitrogens with one attached hydrogen (secondary N) is 1. The number of nitrogens with zero attached hydrogens (tertiary/aromatic N) is 3. The number of carbonyl (C=O) groups excluding carboxylic acids is 3. The van der Waals surface area contributed by atoms with Crippen LogP contribution in [0.15, 0.2) is 60.7 Å². The fraction of sp³-hybridized carbons (Fsp3) is 0.500. The molecule has 3 aromatic rings. The first-order chi connectivity index (χ1) is 26.3. The van der Waals surface area contributed by atoms with Gasteiger partial charge in [0.1, 0.15) is 5.75 Å². The molecular formula is C42H54N4O8Si. The molecule has 55 heavy (non-hydrogen) atoms. The van der Waals surface area contributed by atoms with Crippen molar-refractivity contribution in [2.24, 2.45) is 5.92 Å². The Balaban J connectivity index is 1.25. The van der Waals surface area contributed by atoms with E-state index in [9.17, 15) is 29.4 Å². The fourth-order valence-electron chi connectivity index (χ4n) is 9.56. The summed E-state index contributed by atoms with van der Waals surface area (Å²) in [7, 11) is -1.37. The minimum Gasteiger partial charge on any atom is -0.494 e. The highest BCUT2D eigenvalue weighted by Gasteiger charge is 2.66. The molecule has 13 heteroatoms. The lowest BCUT2D eigenvalue weighted by molar-refractivity contribution is -0.150. The van der Waals surface area contributed by atoms with Crippen LogP contribution in [0.25, 0.3) is 0 Å². The molecule has 0 radical (unpaired) electrons. The maximum Gasteiger partial charge on any atom is 0.264 e. The van der Waals surface area contributed by atoms with E-state index in [1.165, 1.54) is 0 Å². The number of aliphatic hydroxyl groups is 2. The SMILES string of the molecule is CCOc1ccc2c(c1)CC(NCCCCO)C(=O)N2c1ccc2c(c1)[C@]1(O[C@@H](CC(=O)N3Cc4ccccc4C[C@H]3CO)[C@H]([Si](C)(C)O)[C@H]1C)C(=O)N2C. The minimum absolute atomic E-state index is 0.0534. The molecule has 4 aliphatic rings. The Hall–Kier alpha value is -4.11. The predicted octanol–water partition coefficient (Wildman–Crippen LogP) is 4.15. The first kappa shape index (κ1) is 39.1. The normalized spacial score (nSPS) is 26.0. The fourth-order valence-corrected chi connectivity index (χ4v) is 12.1. The van der Waals surface area contributed by atoms with Gasteiger partial charge in [0, 0.05) is 42.9 Å². The Morgan fingerprint density at radius 3 is 2.45 bits per heavy atom. The Morgan fingerprint density at radius 1 is 1.00 bits per heavy atom. The number of hydrogen-bond donors (Lipinski definition) is 4. The van der Waals surface area contributed by atoms with Crippen molar-refractivity contribution in [1.29, 1.82) is 0 Å². The molecule has 0 saturated carbocycles. The average molecular weight is 771 g/mol. The van der Waals surface area contributed by atoms with Crippen LogP contribution in [0.5, 0.6) is 5.75 Å². The number of likely N-dealkylation sites (N-methyl/N-ethyl adjacent to an activating group) is 1. The molecule has 1 spiro atoms. The van der Waals surface area contributed by atoms with E-state index in [4.69, 9.17) is 9.47 Å². The summed E-state index contributed by atoms with van der Waals surface area (Å²) >= 11 is 0. The van der Waals surface area contributed by atoms with Crippen LogP contribution in [0.2, 0.25) is 18.6 Å². The summed E-state index contributed by atoms with van der Waals surface area (Å²) in [4.78, 5) is 60.0. The van der Waals surface area contributed by atoms with E-state index in [0.29, 0.717) is 61.6 Å². The average Bonchev–Trinajstić information content (AvgIpc) is 3.58.